The van der Waals surface area contributed by atoms with E-state index < -0.39 is 0 Å². The monoisotopic (exact) mass is 258 g/mol. The average Bonchev–Trinajstić information content (AvgIpc) is 2.37. The fourth-order valence-electron chi connectivity index (χ4n) is 1.62. The van der Waals surface area contributed by atoms with E-state index >= 15 is 0 Å². The smallest absolute Gasteiger partial charge is 0.219 e. The van der Waals surface area contributed by atoms with Crippen LogP contribution in [0, 0.1) is 0 Å². The topological polar surface area (TPSA) is 64.3 Å². The quantitative estimate of drug-likeness (QED) is 0.498. The van der Waals surface area contributed by atoms with Gasteiger partial charge in [0.15, 0.2) is 0 Å². The summed E-state index contributed by atoms with van der Waals surface area (Å²) in [5.74, 6) is 0.163. The lowest BCUT2D eigenvalue weighted by Crippen LogP contribution is -2.24. The molecule has 1 amide bonds. The molecule has 0 unspecified atom stereocenters. The molecular weight excluding hydrogens is 228 g/mol. The summed E-state index contributed by atoms with van der Waals surface area (Å²) in [6.45, 7) is 5.22. The molecule has 4 nitrogen and oxygen atoms in total. The van der Waals surface area contributed by atoms with Crippen LogP contribution in [0.1, 0.15) is 58.3 Å². The van der Waals surface area contributed by atoms with Crippen molar-refractivity contribution in [3.8, 4) is 0 Å². The number of hydrogen-bond donors (Lipinski definition) is 2. The van der Waals surface area contributed by atoms with Crippen molar-refractivity contribution in [2.75, 3.05) is 26.3 Å². The summed E-state index contributed by atoms with van der Waals surface area (Å²) in [6.07, 6.45) is 8.11. The molecule has 0 aromatic rings. The molecule has 0 saturated carbocycles. The Kier molecular flexibility index (Phi) is 14.0. The molecule has 3 N–H and O–H groups in total. The minimum Gasteiger partial charge on any atom is -0.381 e. The van der Waals surface area contributed by atoms with E-state index in [2.05, 4.69) is 12.2 Å². The largest absolute Gasteiger partial charge is 0.381 e. The summed E-state index contributed by atoms with van der Waals surface area (Å²) in [7, 11) is 0. The molecule has 0 spiro atoms. The van der Waals surface area contributed by atoms with Gasteiger partial charge in [-0.2, -0.15) is 0 Å². The van der Waals surface area contributed by atoms with E-state index in [-0.39, 0.29) is 5.91 Å². The van der Waals surface area contributed by atoms with Crippen LogP contribution in [0.15, 0.2) is 0 Å². The molecule has 0 bridgehead atoms. The van der Waals surface area contributed by atoms with Crippen LogP contribution in [0.4, 0.5) is 0 Å². The first-order valence-electron chi connectivity index (χ1n) is 7.35. The van der Waals surface area contributed by atoms with Crippen LogP contribution < -0.4 is 11.1 Å². The number of ether oxygens (including phenoxy) is 1. The van der Waals surface area contributed by atoms with Gasteiger partial charge in [0.25, 0.3) is 0 Å². The fraction of sp³-hybridized carbons (Fsp3) is 0.929. The summed E-state index contributed by atoms with van der Waals surface area (Å²) >= 11 is 0. The summed E-state index contributed by atoms with van der Waals surface area (Å²) < 4.78 is 5.42. The molecule has 0 heterocycles. The Balaban J connectivity index is 3.12. The molecule has 0 saturated heterocycles. The molecule has 0 fully saturated rings. The van der Waals surface area contributed by atoms with Crippen LogP contribution in [0.25, 0.3) is 0 Å². The van der Waals surface area contributed by atoms with Gasteiger partial charge >= 0.3 is 0 Å². The number of carbonyl (C=O) groups is 1. The van der Waals surface area contributed by atoms with Crippen molar-refractivity contribution in [3.05, 3.63) is 0 Å². The van der Waals surface area contributed by atoms with Gasteiger partial charge in [-0.15, -0.1) is 0 Å². The first-order chi connectivity index (χ1) is 8.81. The van der Waals surface area contributed by atoms with Gasteiger partial charge in [-0.25, -0.2) is 0 Å². The number of amides is 1. The second-order valence-electron chi connectivity index (χ2n) is 4.62. The Hall–Kier alpha value is -0.610. The molecule has 0 aromatic heterocycles. The predicted molar refractivity (Wildman–Crippen MR) is 75.5 cm³/mol. The Bertz CT molecular complexity index is 187. The average molecular weight is 258 g/mol. The SMILES string of the molecule is CCCCOCCCNC(=O)CCCCCCN. The zero-order chi connectivity index (χ0) is 13.5. The third kappa shape index (κ3) is 13.5. The van der Waals surface area contributed by atoms with Gasteiger partial charge in [-0.1, -0.05) is 26.2 Å². The highest BCUT2D eigenvalue weighted by atomic mass is 16.5. The summed E-state index contributed by atoms with van der Waals surface area (Å²) in [5.41, 5.74) is 5.40. The third-order valence-corrected chi connectivity index (χ3v) is 2.79. The van der Waals surface area contributed by atoms with E-state index in [0.29, 0.717) is 6.42 Å². The van der Waals surface area contributed by atoms with Crippen LogP contribution in [-0.4, -0.2) is 32.2 Å². The fourth-order valence-corrected chi connectivity index (χ4v) is 1.62. The Morgan fingerprint density at radius 1 is 1.06 bits per heavy atom. The van der Waals surface area contributed by atoms with Crippen LogP contribution in [0.5, 0.6) is 0 Å². The normalized spacial score (nSPS) is 10.6. The van der Waals surface area contributed by atoms with Gasteiger partial charge in [0, 0.05) is 26.2 Å². The molecule has 18 heavy (non-hydrogen) atoms. The van der Waals surface area contributed by atoms with E-state index in [0.717, 1.165) is 64.8 Å². The lowest BCUT2D eigenvalue weighted by molar-refractivity contribution is -0.121. The van der Waals surface area contributed by atoms with Crippen molar-refractivity contribution in [3.63, 3.8) is 0 Å². The molecule has 0 atom stereocenters. The Morgan fingerprint density at radius 2 is 1.78 bits per heavy atom. The molecule has 4 heteroatoms. The summed E-state index contributed by atoms with van der Waals surface area (Å²) in [6, 6.07) is 0. The van der Waals surface area contributed by atoms with Gasteiger partial charge in [0.05, 0.1) is 0 Å². The van der Waals surface area contributed by atoms with E-state index in [1.54, 1.807) is 0 Å². The molecule has 108 valence electrons. The predicted octanol–water partition coefficient (Wildman–Crippen LogP) is 2.22. The highest BCUT2D eigenvalue weighted by Crippen LogP contribution is 2.01. The number of rotatable bonds is 13. The van der Waals surface area contributed by atoms with Crippen molar-refractivity contribution < 1.29 is 9.53 Å². The maximum absolute atomic E-state index is 11.4. The van der Waals surface area contributed by atoms with E-state index in [1.807, 2.05) is 0 Å². The second kappa shape index (κ2) is 14.5. The second-order valence-corrected chi connectivity index (χ2v) is 4.62. The van der Waals surface area contributed by atoms with Crippen molar-refractivity contribution in [1.29, 1.82) is 0 Å². The van der Waals surface area contributed by atoms with E-state index in [4.69, 9.17) is 10.5 Å². The van der Waals surface area contributed by atoms with Crippen LogP contribution >= 0.6 is 0 Å². The van der Waals surface area contributed by atoms with E-state index in [9.17, 15) is 4.79 Å². The lowest BCUT2D eigenvalue weighted by Gasteiger charge is -2.06. The highest BCUT2D eigenvalue weighted by molar-refractivity contribution is 5.75. The van der Waals surface area contributed by atoms with Crippen LogP contribution in [-0.2, 0) is 9.53 Å². The maximum Gasteiger partial charge on any atom is 0.219 e. The summed E-state index contributed by atoms with van der Waals surface area (Å²) in [4.78, 5) is 11.4. The number of nitrogens with one attached hydrogen (secondary N) is 1. The minimum absolute atomic E-state index is 0.163. The number of unbranched alkanes of at least 4 members (excludes halogenated alkanes) is 4. The number of carbonyl (C=O) groups excluding carboxylic acids is 1. The van der Waals surface area contributed by atoms with Crippen molar-refractivity contribution in [1.82, 2.24) is 5.32 Å². The van der Waals surface area contributed by atoms with Crippen LogP contribution in [0.2, 0.25) is 0 Å². The molecular formula is C14H30N2O2. The summed E-state index contributed by atoms with van der Waals surface area (Å²) in [5, 5.41) is 2.92. The molecule has 0 aliphatic rings. The minimum atomic E-state index is 0.163. The van der Waals surface area contributed by atoms with Gasteiger partial charge < -0.3 is 15.8 Å². The number of nitrogens with two attached hydrogens (primary N) is 1. The van der Waals surface area contributed by atoms with Crippen LogP contribution in [0.3, 0.4) is 0 Å². The van der Waals surface area contributed by atoms with Crippen molar-refractivity contribution in [2.45, 2.75) is 58.3 Å². The molecule has 0 aliphatic carbocycles. The third-order valence-electron chi connectivity index (χ3n) is 2.79. The Labute approximate surface area is 112 Å². The Morgan fingerprint density at radius 3 is 2.50 bits per heavy atom. The molecule has 0 aromatic carbocycles. The van der Waals surface area contributed by atoms with Gasteiger partial charge in [0.1, 0.15) is 0 Å². The first-order valence-corrected chi connectivity index (χ1v) is 7.35. The first kappa shape index (κ1) is 17.4. The molecule has 0 radical (unpaired) electrons. The zero-order valence-electron chi connectivity index (χ0n) is 11.9. The lowest BCUT2D eigenvalue weighted by atomic mass is 10.1. The highest BCUT2D eigenvalue weighted by Gasteiger charge is 1.99. The zero-order valence-corrected chi connectivity index (χ0v) is 11.9. The van der Waals surface area contributed by atoms with Crippen molar-refractivity contribution in [2.24, 2.45) is 5.73 Å². The van der Waals surface area contributed by atoms with E-state index in [1.165, 1.54) is 6.42 Å². The van der Waals surface area contributed by atoms with Gasteiger partial charge in [-0.3, -0.25) is 4.79 Å². The maximum atomic E-state index is 11.4. The molecule has 0 rings (SSSR count). The molecule has 0 aliphatic heterocycles. The van der Waals surface area contributed by atoms with Crippen molar-refractivity contribution >= 4 is 5.91 Å². The number of hydrogen-bond acceptors (Lipinski definition) is 3. The van der Waals surface area contributed by atoms with Gasteiger partial charge in [0.2, 0.25) is 5.91 Å². The van der Waals surface area contributed by atoms with Gasteiger partial charge in [-0.05, 0) is 32.2 Å². The standard InChI is InChI=1S/C14H30N2O2/c1-2-3-12-18-13-8-11-16-14(17)9-6-4-5-7-10-15/h2-13,15H2,1H3,(H,16,17).